The van der Waals surface area contributed by atoms with Crippen LogP contribution in [0.5, 0.6) is 0 Å². The molecule has 19 heavy (non-hydrogen) atoms. The minimum Gasteiger partial charge on any atom is -0.469 e. The minimum absolute atomic E-state index is 0.0677. The standard InChI is InChI=1S/C11H18N2O4S2/c1-9-12-10(8-18-9)7-13(2)19(15,16)6-4-5-11(14)17-3/h8H,4-7H2,1-3H3. The molecule has 0 amide bonds. The third-order valence-corrected chi connectivity index (χ3v) is 5.24. The first-order valence-corrected chi connectivity index (χ1v) is 8.26. The molecule has 1 heterocycles. The Morgan fingerprint density at radius 3 is 2.74 bits per heavy atom. The summed E-state index contributed by atoms with van der Waals surface area (Å²) in [4.78, 5) is 15.1. The Balaban J connectivity index is 2.49. The number of aromatic nitrogens is 1. The van der Waals surface area contributed by atoms with E-state index in [0.717, 1.165) is 10.7 Å². The third kappa shape index (κ3) is 5.25. The smallest absolute Gasteiger partial charge is 0.305 e. The lowest BCUT2D eigenvalue weighted by molar-refractivity contribution is -0.140. The van der Waals surface area contributed by atoms with Crippen molar-refractivity contribution >= 4 is 27.3 Å². The van der Waals surface area contributed by atoms with E-state index in [-0.39, 0.29) is 25.1 Å². The largest absolute Gasteiger partial charge is 0.469 e. The molecule has 0 spiro atoms. The summed E-state index contributed by atoms with van der Waals surface area (Å²) in [5, 5.41) is 2.75. The number of methoxy groups -OCH3 is 1. The lowest BCUT2D eigenvalue weighted by Crippen LogP contribution is -2.29. The van der Waals surface area contributed by atoms with Gasteiger partial charge in [0.25, 0.3) is 0 Å². The molecule has 1 aromatic rings. The van der Waals surface area contributed by atoms with Crippen molar-refractivity contribution in [3.8, 4) is 0 Å². The van der Waals surface area contributed by atoms with Gasteiger partial charge < -0.3 is 4.74 Å². The first kappa shape index (κ1) is 16.1. The number of rotatable bonds is 7. The fourth-order valence-electron chi connectivity index (χ4n) is 1.46. The zero-order valence-electron chi connectivity index (χ0n) is 11.2. The number of aryl methyl sites for hydroxylation is 1. The Bertz CT molecular complexity index is 525. The molecule has 0 saturated heterocycles. The van der Waals surface area contributed by atoms with Gasteiger partial charge >= 0.3 is 5.97 Å². The first-order chi connectivity index (χ1) is 8.85. The first-order valence-electron chi connectivity index (χ1n) is 5.77. The summed E-state index contributed by atoms with van der Waals surface area (Å²) in [5.41, 5.74) is 0.738. The van der Waals surface area contributed by atoms with Crippen molar-refractivity contribution in [2.45, 2.75) is 26.3 Å². The second-order valence-corrected chi connectivity index (χ2v) is 7.37. The van der Waals surface area contributed by atoms with E-state index in [1.165, 1.54) is 29.8 Å². The molecule has 8 heteroatoms. The van der Waals surface area contributed by atoms with Crippen molar-refractivity contribution in [1.29, 1.82) is 0 Å². The van der Waals surface area contributed by atoms with Crippen LogP contribution in [0.3, 0.4) is 0 Å². The van der Waals surface area contributed by atoms with E-state index in [0.29, 0.717) is 0 Å². The molecular formula is C11H18N2O4S2. The number of esters is 1. The maximum atomic E-state index is 12.0. The van der Waals surface area contributed by atoms with Crippen LogP contribution in [0.2, 0.25) is 0 Å². The molecule has 0 radical (unpaired) electrons. The molecule has 0 aliphatic carbocycles. The Morgan fingerprint density at radius 1 is 1.53 bits per heavy atom. The molecule has 0 fully saturated rings. The molecule has 0 aromatic carbocycles. The number of sulfonamides is 1. The van der Waals surface area contributed by atoms with Crippen molar-refractivity contribution in [3.63, 3.8) is 0 Å². The minimum atomic E-state index is -3.36. The van der Waals surface area contributed by atoms with E-state index in [1.807, 2.05) is 12.3 Å². The number of nitrogens with zero attached hydrogens (tertiary/aromatic N) is 2. The Kier molecular flexibility index (Phi) is 5.89. The third-order valence-electron chi connectivity index (χ3n) is 2.54. The number of hydrogen-bond acceptors (Lipinski definition) is 6. The van der Waals surface area contributed by atoms with Crippen LogP contribution in [0.1, 0.15) is 23.5 Å². The van der Waals surface area contributed by atoms with E-state index in [9.17, 15) is 13.2 Å². The number of carbonyl (C=O) groups is 1. The van der Waals surface area contributed by atoms with Crippen molar-refractivity contribution in [2.75, 3.05) is 19.9 Å². The van der Waals surface area contributed by atoms with Crippen LogP contribution >= 0.6 is 11.3 Å². The van der Waals surface area contributed by atoms with E-state index in [2.05, 4.69) is 9.72 Å². The Labute approximate surface area is 117 Å². The van der Waals surface area contributed by atoms with Gasteiger partial charge in [-0.3, -0.25) is 4.79 Å². The van der Waals surface area contributed by atoms with Crippen LogP contribution < -0.4 is 0 Å². The number of hydrogen-bond donors (Lipinski definition) is 0. The summed E-state index contributed by atoms with van der Waals surface area (Å²) >= 11 is 1.49. The Morgan fingerprint density at radius 2 is 2.21 bits per heavy atom. The summed E-state index contributed by atoms with van der Waals surface area (Å²) in [6.45, 7) is 2.13. The highest BCUT2D eigenvalue weighted by atomic mass is 32.2. The highest BCUT2D eigenvalue weighted by molar-refractivity contribution is 7.89. The molecule has 0 N–H and O–H groups in total. The molecule has 1 rings (SSSR count). The van der Waals surface area contributed by atoms with E-state index in [4.69, 9.17) is 0 Å². The Hall–Kier alpha value is -0.990. The molecule has 108 valence electrons. The number of carbonyl (C=O) groups excluding carboxylic acids is 1. The van der Waals surface area contributed by atoms with Gasteiger partial charge in [-0.05, 0) is 13.3 Å². The van der Waals surface area contributed by atoms with E-state index < -0.39 is 16.0 Å². The quantitative estimate of drug-likeness (QED) is 0.707. The molecular weight excluding hydrogens is 288 g/mol. The van der Waals surface area contributed by atoms with E-state index >= 15 is 0 Å². The normalized spacial score (nSPS) is 11.8. The van der Waals surface area contributed by atoms with Crippen LogP contribution in [0.4, 0.5) is 0 Å². The zero-order valence-corrected chi connectivity index (χ0v) is 12.9. The summed E-state index contributed by atoms with van der Waals surface area (Å²) in [5.74, 6) is -0.463. The summed E-state index contributed by atoms with van der Waals surface area (Å²) in [6.07, 6.45) is 0.370. The van der Waals surface area contributed by atoms with Gasteiger partial charge in [-0.2, -0.15) is 4.31 Å². The van der Waals surface area contributed by atoms with Crippen LogP contribution in [0.15, 0.2) is 5.38 Å². The van der Waals surface area contributed by atoms with Gasteiger partial charge in [0.05, 0.1) is 30.1 Å². The fourth-order valence-corrected chi connectivity index (χ4v) is 3.22. The van der Waals surface area contributed by atoms with Gasteiger partial charge in [-0.25, -0.2) is 13.4 Å². The van der Waals surface area contributed by atoms with E-state index in [1.54, 1.807) is 0 Å². The molecule has 0 atom stereocenters. The van der Waals surface area contributed by atoms with Crippen LogP contribution in [0, 0.1) is 6.92 Å². The highest BCUT2D eigenvalue weighted by Gasteiger charge is 2.19. The number of thiazole rings is 1. The highest BCUT2D eigenvalue weighted by Crippen LogP contribution is 2.12. The van der Waals surface area contributed by atoms with Gasteiger partial charge in [-0.15, -0.1) is 11.3 Å². The zero-order chi connectivity index (χ0) is 14.5. The van der Waals surface area contributed by atoms with Gasteiger partial charge in [0.15, 0.2) is 0 Å². The van der Waals surface area contributed by atoms with Crippen LogP contribution in [0.25, 0.3) is 0 Å². The van der Waals surface area contributed by atoms with Crippen molar-refractivity contribution in [3.05, 3.63) is 16.1 Å². The SMILES string of the molecule is COC(=O)CCCS(=O)(=O)N(C)Cc1csc(C)n1. The van der Waals surface area contributed by atoms with Gasteiger partial charge in [0.2, 0.25) is 10.0 Å². The molecule has 6 nitrogen and oxygen atoms in total. The number of ether oxygens (including phenoxy) is 1. The van der Waals surface area contributed by atoms with Crippen molar-refractivity contribution in [1.82, 2.24) is 9.29 Å². The predicted octanol–water partition coefficient (Wildman–Crippen LogP) is 1.17. The summed E-state index contributed by atoms with van der Waals surface area (Å²) < 4.78 is 29.7. The molecule has 0 bridgehead atoms. The lowest BCUT2D eigenvalue weighted by Gasteiger charge is -2.15. The molecule has 0 unspecified atom stereocenters. The average Bonchev–Trinajstić information content (AvgIpc) is 2.74. The molecule has 0 saturated carbocycles. The van der Waals surface area contributed by atoms with Crippen molar-refractivity contribution in [2.24, 2.45) is 0 Å². The van der Waals surface area contributed by atoms with Gasteiger partial charge in [0, 0.05) is 18.8 Å². The van der Waals surface area contributed by atoms with Crippen molar-refractivity contribution < 1.29 is 17.9 Å². The van der Waals surface area contributed by atoms with Gasteiger partial charge in [0.1, 0.15) is 0 Å². The maximum absolute atomic E-state index is 12.0. The molecule has 0 aliphatic rings. The van der Waals surface area contributed by atoms with Crippen LogP contribution in [-0.4, -0.2) is 43.6 Å². The predicted molar refractivity (Wildman–Crippen MR) is 73.4 cm³/mol. The maximum Gasteiger partial charge on any atom is 0.305 e. The second kappa shape index (κ2) is 6.97. The summed E-state index contributed by atoms with van der Waals surface area (Å²) in [6, 6.07) is 0. The summed E-state index contributed by atoms with van der Waals surface area (Å²) in [7, 11) is -0.562. The topological polar surface area (TPSA) is 76.6 Å². The van der Waals surface area contributed by atoms with Gasteiger partial charge in [-0.1, -0.05) is 0 Å². The fraction of sp³-hybridized carbons (Fsp3) is 0.636. The lowest BCUT2D eigenvalue weighted by atomic mass is 10.3. The average molecular weight is 306 g/mol. The molecule has 1 aromatic heterocycles. The monoisotopic (exact) mass is 306 g/mol. The molecule has 0 aliphatic heterocycles. The van der Waals surface area contributed by atoms with Crippen LogP contribution in [-0.2, 0) is 26.1 Å². The second-order valence-electron chi connectivity index (χ2n) is 4.11.